The molecular weight excluding hydrogens is 671 g/mol. The lowest BCUT2D eigenvalue weighted by atomic mass is 9.36. The lowest BCUT2D eigenvalue weighted by Crippen LogP contribution is -2.58. The smallest absolute Gasteiger partial charge is 0.247 e. The number of amides is 1. The average molecular weight is 720 g/mol. The Morgan fingerprint density at radius 2 is 1.00 bits per heavy atom. The Morgan fingerprint density at radius 1 is 0.558 bits per heavy atom. The zero-order valence-electron chi connectivity index (χ0n) is 31.7. The van der Waals surface area contributed by atoms with Gasteiger partial charge in [-0.3, -0.25) is 9.69 Å². The van der Waals surface area contributed by atoms with E-state index in [1.165, 1.54) is 63.9 Å². The molecule has 1 fully saturated rings. The van der Waals surface area contributed by atoms with Gasteiger partial charge in [-0.1, -0.05) is 163 Å². The van der Waals surface area contributed by atoms with Gasteiger partial charge in [0.25, 0.3) is 0 Å². The third kappa shape index (κ3) is 5.81. The highest BCUT2D eigenvalue weighted by Gasteiger charge is 2.44. The molecule has 0 spiro atoms. The van der Waals surface area contributed by atoms with E-state index in [1.807, 2.05) is 23.5 Å². The SMILES string of the molecule is CC(C)c1cccc(C(C)C)c1N1CCC(=O)N(c2c(C(C)C)cccc2C(C)C)[C]1c1cc2c3c(c1)Sc1ccccc1B3c1ccccc1S2. The molecule has 5 aromatic carbocycles. The van der Waals surface area contributed by atoms with Crippen LogP contribution in [-0.2, 0) is 4.79 Å². The lowest BCUT2D eigenvalue weighted by molar-refractivity contribution is -0.118. The van der Waals surface area contributed by atoms with E-state index in [0.717, 1.165) is 17.4 Å². The van der Waals surface area contributed by atoms with E-state index in [-0.39, 0.29) is 24.5 Å². The first kappa shape index (κ1) is 35.2. The van der Waals surface area contributed by atoms with E-state index in [0.29, 0.717) is 24.8 Å². The largest absolute Gasteiger partial charge is 0.340 e. The van der Waals surface area contributed by atoms with Crippen molar-refractivity contribution in [1.29, 1.82) is 0 Å². The Labute approximate surface area is 319 Å². The van der Waals surface area contributed by atoms with Crippen LogP contribution in [0.15, 0.2) is 117 Å². The maximum atomic E-state index is 14.8. The van der Waals surface area contributed by atoms with Crippen molar-refractivity contribution in [3.05, 3.63) is 131 Å². The van der Waals surface area contributed by atoms with E-state index in [4.69, 9.17) is 0 Å². The fraction of sp³-hybridized carbons (Fsp3) is 0.304. The number of hydrogen-bond acceptors (Lipinski definition) is 4. The van der Waals surface area contributed by atoms with Crippen LogP contribution in [-0.4, -0.2) is 19.2 Å². The molecule has 3 aliphatic rings. The maximum absolute atomic E-state index is 14.8. The van der Waals surface area contributed by atoms with Crippen LogP contribution in [0.2, 0.25) is 0 Å². The summed E-state index contributed by atoms with van der Waals surface area (Å²) in [6, 6.07) is 36.1. The number of nitrogens with zero attached hydrogens (tertiary/aromatic N) is 2. The molecule has 3 heterocycles. The van der Waals surface area contributed by atoms with Gasteiger partial charge in [0.05, 0.1) is 5.69 Å². The highest BCUT2D eigenvalue weighted by Crippen LogP contribution is 2.48. The maximum Gasteiger partial charge on any atom is 0.247 e. The number of rotatable bonds is 7. The standard InChI is InChI=1S/C46H48BN2OS2/c1-27(2)32-15-13-16-33(28(3)4)44(32)48-24-23-42(50)49(45-34(29(5)6)17-14-18-35(45)30(7)8)46(48)31-25-40-43-41(26-31)52-39-22-12-10-20-37(39)47(43)36-19-9-11-21-38(36)51-40/h9-22,25-30H,23-24H2,1-8H3. The van der Waals surface area contributed by atoms with E-state index in [2.05, 4.69) is 162 Å². The van der Waals surface area contributed by atoms with Crippen LogP contribution in [0.1, 0.15) is 113 Å². The van der Waals surface area contributed by atoms with Crippen LogP contribution in [0, 0.1) is 6.17 Å². The first-order chi connectivity index (χ1) is 25.0. The summed E-state index contributed by atoms with van der Waals surface area (Å²) in [4.78, 5) is 24.7. The second-order valence-corrected chi connectivity index (χ2v) is 17.9. The van der Waals surface area contributed by atoms with Crippen molar-refractivity contribution >= 4 is 63.9 Å². The molecule has 8 rings (SSSR count). The normalized spacial score (nSPS) is 15.5. The predicted octanol–water partition coefficient (Wildman–Crippen LogP) is 10.4. The van der Waals surface area contributed by atoms with Crippen LogP contribution in [0.25, 0.3) is 0 Å². The minimum absolute atomic E-state index is 0.162. The van der Waals surface area contributed by atoms with Crippen molar-refractivity contribution in [1.82, 2.24) is 0 Å². The third-order valence-electron chi connectivity index (χ3n) is 11.0. The van der Waals surface area contributed by atoms with Crippen molar-refractivity contribution in [2.75, 3.05) is 16.3 Å². The monoisotopic (exact) mass is 719 g/mol. The molecule has 6 heteroatoms. The highest BCUT2D eigenvalue weighted by atomic mass is 32.2. The third-order valence-corrected chi connectivity index (χ3v) is 13.3. The number of carbonyl (C=O) groups excluding carboxylic acids is 1. The Hall–Kier alpha value is -3.87. The van der Waals surface area contributed by atoms with Crippen molar-refractivity contribution in [2.24, 2.45) is 0 Å². The van der Waals surface area contributed by atoms with Crippen molar-refractivity contribution < 1.29 is 4.79 Å². The molecule has 1 radical (unpaired) electrons. The van der Waals surface area contributed by atoms with Crippen molar-refractivity contribution in [2.45, 2.75) is 105 Å². The summed E-state index contributed by atoms with van der Waals surface area (Å²) in [5, 5.41) is 0. The van der Waals surface area contributed by atoms with Gasteiger partial charge < -0.3 is 4.90 Å². The van der Waals surface area contributed by atoms with E-state index in [9.17, 15) is 4.79 Å². The van der Waals surface area contributed by atoms with Crippen LogP contribution in [0.3, 0.4) is 0 Å². The number of benzene rings is 5. The predicted molar refractivity (Wildman–Crippen MR) is 223 cm³/mol. The van der Waals surface area contributed by atoms with Gasteiger partial charge in [0, 0.05) is 43.8 Å². The first-order valence-electron chi connectivity index (χ1n) is 19.0. The second kappa shape index (κ2) is 13.8. The molecule has 3 aliphatic heterocycles. The fourth-order valence-electron chi connectivity index (χ4n) is 8.51. The summed E-state index contributed by atoms with van der Waals surface area (Å²) < 4.78 is 0. The van der Waals surface area contributed by atoms with E-state index in [1.54, 1.807) is 0 Å². The number of fused-ring (bicyclic) bond motifs is 4. The Morgan fingerprint density at radius 3 is 1.46 bits per heavy atom. The Bertz CT molecular complexity index is 2070. The molecule has 5 aromatic rings. The Balaban J connectivity index is 1.43. The second-order valence-electron chi connectivity index (χ2n) is 15.7. The lowest BCUT2D eigenvalue weighted by Gasteiger charge is -2.47. The molecule has 52 heavy (non-hydrogen) atoms. The summed E-state index contributed by atoms with van der Waals surface area (Å²) >= 11 is 3.76. The topological polar surface area (TPSA) is 23.6 Å². The summed E-state index contributed by atoms with van der Waals surface area (Å²) in [5.74, 6) is 1.29. The van der Waals surface area contributed by atoms with Crippen LogP contribution in [0.5, 0.6) is 0 Å². The summed E-state index contributed by atoms with van der Waals surface area (Å²) in [5.41, 5.74) is 12.6. The van der Waals surface area contributed by atoms with E-state index < -0.39 is 0 Å². The number of para-hydroxylation sites is 2. The molecule has 0 saturated carbocycles. The fourth-order valence-corrected chi connectivity index (χ4v) is 11.0. The zero-order chi connectivity index (χ0) is 36.4. The zero-order valence-corrected chi connectivity index (χ0v) is 33.3. The van der Waals surface area contributed by atoms with Gasteiger partial charge in [-0.15, -0.1) is 0 Å². The molecular formula is C46H48BN2OS2. The number of hydrogen-bond donors (Lipinski definition) is 0. The van der Waals surface area contributed by atoms with Crippen LogP contribution in [0.4, 0.5) is 11.4 Å². The van der Waals surface area contributed by atoms with Gasteiger partial charge in [-0.2, -0.15) is 0 Å². The molecule has 3 nitrogen and oxygen atoms in total. The van der Waals surface area contributed by atoms with Gasteiger partial charge in [0.15, 0.2) is 6.17 Å². The number of carbonyl (C=O) groups is 1. The molecule has 0 N–H and O–H groups in total. The summed E-state index contributed by atoms with van der Waals surface area (Å²) in [6.45, 7) is 19.0. The molecule has 0 aliphatic carbocycles. The van der Waals surface area contributed by atoms with Crippen LogP contribution < -0.4 is 26.2 Å². The van der Waals surface area contributed by atoms with Gasteiger partial charge in [-0.25, -0.2) is 0 Å². The average Bonchev–Trinajstić information content (AvgIpc) is 3.13. The first-order valence-corrected chi connectivity index (χ1v) is 20.6. The molecule has 0 unspecified atom stereocenters. The van der Waals surface area contributed by atoms with Gasteiger partial charge >= 0.3 is 0 Å². The Kier molecular flexibility index (Phi) is 9.36. The van der Waals surface area contributed by atoms with Gasteiger partial charge in [-0.05, 0) is 75.7 Å². The molecule has 0 aromatic heterocycles. The highest BCUT2D eigenvalue weighted by molar-refractivity contribution is 8.01. The van der Waals surface area contributed by atoms with Gasteiger partial charge in [0.1, 0.15) is 0 Å². The molecule has 263 valence electrons. The van der Waals surface area contributed by atoms with E-state index >= 15 is 0 Å². The van der Waals surface area contributed by atoms with Crippen molar-refractivity contribution in [3.8, 4) is 0 Å². The molecule has 1 amide bonds. The molecule has 1 saturated heterocycles. The van der Waals surface area contributed by atoms with Crippen molar-refractivity contribution in [3.63, 3.8) is 0 Å². The quantitative estimate of drug-likeness (QED) is 0.153. The minimum Gasteiger partial charge on any atom is -0.340 e. The van der Waals surface area contributed by atoms with Gasteiger partial charge in [0.2, 0.25) is 12.6 Å². The minimum atomic E-state index is 0.162. The molecule has 0 bridgehead atoms. The summed E-state index contributed by atoms with van der Waals surface area (Å²) in [7, 11) is 0. The number of anilines is 2. The molecule has 0 atom stereocenters. The van der Waals surface area contributed by atoms with Crippen LogP contribution >= 0.6 is 23.5 Å². The summed E-state index contributed by atoms with van der Waals surface area (Å²) in [6.07, 6.45) is 1.43.